The van der Waals surface area contributed by atoms with Crippen LogP contribution in [0, 0.1) is 34.0 Å². The van der Waals surface area contributed by atoms with E-state index in [1.807, 2.05) is 0 Å². The van der Waals surface area contributed by atoms with Gasteiger partial charge in [0.2, 0.25) is 5.60 Å². The summed E-state index contributed by atoms with van der Waals surface area (Å²) >= 11 is 0. The third-order valence-corrected chi connectivity index (χ3v) is 9.54. The summed E-state index contributed by atoms with van der Waals surface area (Å²) < 4.78 is 6.01. The molecule has 3 heteroatoms. The van der Waals surface area contributed by atoms with Gasteiger partial charge in [-0.05, 0) is 66.6 Å². The summed E-state index contributed by atoms with van der Waals surface area (Å²) in [6.45, 7) is 11.9. The second-order valence-corrected chi connectivity index (χ2v) is 11.0. The van der Waals surface area contributed by atoms with Crippen LogP contribution in [-0.2, 0) is 4.74 Å². The van der Waals surface area contributed by atoms with E-state index in [0.717, 1.165) is 19.3 Å². The molecule has 4 fully saturated rings. The normalized spacial score (nSPS) is 54.7. The number of hydrogen-bond donors (Lipinski definition) is 1. The molecular formula is C22H37O3+. The summed E-state index contributed by atoms with van der Waals surface area (Å²) in [5.74, 6) is 2.09. The van der Waals surface area contributed by atoms with Crippen LogP contribution in [-0.4, -0.2) is 27.6 Å². The summed E-state index contributed by atoms with van der Waals surface area (Å²) in [5.41, 5.74) is 0.445. The molecule has 7 atom stereocenters. The highest BCUT2D eigenvalue weighted by Crippen LogP contribution is 2.71. The monoisotopic (exact) mass is 349 g/mol. The largest absolute Gasteiger partial charge is 0.483 e. The van der Waals surface area contributed by atoms with Crippen molar-refractivity contribution in [3.63, 3.8) is 0 Å². The number of aliphatic hydroxyl groups is 1. The predicted molar refractivity (Wildman–Crippen MR) is 99.8 cm³/mol. The Morgan fingerprint density at radius 2 is 1.44 bits per heavy atom. The van der Waals surface area contributed by atoms with Crippen molar-refractivity contribution in [1.82, 2.24) is 0 Å². The van der Waals surface area contributed by atoms with Crippen LogP contribution < -0.4 is 0 Å². The van der Waals surface area contributed by atoms with Crippen molar-refractivity contribution >= 4 is 5.97 Å². The maximum atomic E-state index is 10.6. The molecule has 3 aliphatic carbocycles. The molecule has 4 aliphatic rings. The van der Waals surface area contributed by atoms with Crippen molar-refractivity contribution in [2.45, 2.75) is 97.7 Å². The average Bonchev–Trinajstić information content (AvgIpc) is 3.05. The third-order valence-electron chi connectivity index (χ3n) is 9.54. The minimum atomic E-state index is -0.194. The van der Waals surface area contributed by atoms with E-state index < -0.39 is 0 Å². The van der Waals surface area contributed by atoms with Gasteiger partial charge < -0.3 is 14.6 Å². The van der Waals surface area contributed by atoms with Crippen molar-refractivity contribution in [2.24, 2.45) is 34.0 Å². The molecule has 25 heavy (non-hydrogen) atoms. The van der Waals surface area contributed by atoms with E-state index in [1.54, 1.807) is 0 Å². The van der Waals surface area contributed by atoms with Crippen molar-refractivity contribution in [3.05, 3.63) is 0 Å². The van der Waals surface area contributed by atoms with Gasteiger partial charge >= 0.3 is 5.97 Å². The number of aliphatic hydroxyl groups excluding tert-OH is 1. The summed E-state index contributed by atoms with van der Waals surface area (Å²) in [6.07, 6.45) is 8.55. The zero-order chi connectivity index (χ0) is 18.3. The van der Waals surface area contributed by atoms with Gasteiger partial charge in [0.1, 0.15) is 6.42 Å². The Morgan fingerprint density at radius 1 is 0.840 bits per heavy atom. The van der Waals surface area contributed by atoms with Gasteiger partial charge in [-0.2, -0.15) is 0 Å². The zero-order valence-corrected chi connectivity index (χ0v) is 16.8. The third kappa shape index (κ3) is 2.23. The fraction of sp³-hybridized carbons (Fsp3) is 0.955. The van der Waals surface area contributed by atoms with Crippen LogP contribution in [0.1, 0.15) is 86.0 Å². The molecule has 142 valence electrons. The number of esters is 1. The molecule has 0 aromatic carbocycles. The molecule has 0 aromatic heterocycles. The zero-order valence-electron chi connectivity index (χ0n) is 16.8. The van der Waals surface area contributed by atoms with E-state index in [0.29, 0.717) is 35.0 Å². The molecule has 1 unspecified atom stereocenters. The molecule has 3 nitrogen and oxygen atoms in total. The highest BCUT2D eigenvalue weighted by Gasteiger charge is 2.68. The lowest BCUT2D eigenvalue weighted by Gasteiger charge is -2.63. The first-order chi connectivity index (χ1) is 11.5. The molecule has 0 radical (unpaired) electrons. The number of cyclic esters (lactones) is 1. The summed E-state index contributed by atoms with van der Waals surface area (Å²) in [5, 5.41) is 10.6. The lowest BCUT2D eigenvalue weighted by molar-refractivity contribution is -0.177. The molecule has 1 saturated heterocycles. The summed E-state index contributed by atoms with van der Waals surface area (Å²) in [6, 6.07) is 0. The molecule has 0 spiro atoms. The Hall–Kier alpha value is -0.570. The molecule has 0 aromatic rings. The van der Waals surface area contributed by atoms with Crippen LogP contribution in [0.25, 0.3) is 0 Å². The number of ether oxygens (including phenoxy) is 1. The van der Waals surface area contributed by atoms with Crippen molar-refractivity contribution < 1.29 is 14.6 Å². The molecule has 0 bridgehead atoms. The first-order valence-electron chi connectivity index (χ1n) is 10.5. The highest BCUT2D eigenvalue weighted by molar-refractivity contribution is 5.73. The lowest BCUT2D eigenvalue weighted by Crippen LogP contribution is -2.59. The SMILES string of the molecule is CC1(C)[C@@H](O)CC[C@]2(C)C3CC[C@H]([C@]4(C)CCC(=[OH+])O4)[C@]3(C)CC[C@@H]12. The molecular weight excluding hydrogens is 312 g/mol. The second-order valence-electron chi connectivity index (χ2n) is 11.0. The Kier molecular flexibility index (Phi) is 3.74. The predicted octanol–water partition coefficient (Wildman–Crippen LogP) is 4.69. The van der Waals surface area contributed by atoms with E-state index in [4.69, 9.17) is 4.74 Å². The average molecular weight is 350 g/mol. The number of rotatable bonds is 1. The van der Waals surface area contributed by atoms with E-state index in [1.165, 1.54) is 25.7 Å². The molecule has 0 amide bonds. The number of hydrogen-bond acceptors (Lipinski definition) is 2. The molecule has 1 heterocycles. The topological polar surface area (TPSA) is 50.9 Å². The Balaban J connectivity index is 1.68. The fourth-order valence-electron chi connectivity index (χ4n) is 8.29. The van der Waals surface area contributed by atoms with Gasteiger partial charge in [0.15, 0.2) is 0 Å². The van der Waals surface area contributed by atoms with Crippen LogP contribution in [0.4, 0.5) is 0 Å². The van der Waals surface area contributed by atoms with Crippen LogP contribution in [0.5, 0.6) is 0 Å². The summed E-state index contributed by atoms with van der Waals surface area (Å²) in [4.78, 5) is 9.91. The van der Waals surface area contributed by atoms with Gasteiger partial charge in [0.05, 0.1) is 6.10 Å². The maximum absolute atomic E-state index is 10.6. The highest BCUT2D eigenvalue weighted by atomic mass is 16.6. The number of carbonyl (C=O) groups excluding carboxylic acids is 1. The van der Waals surface area contributed by atoms with Crippen LogP contribution in [0.2, 0.25) is 0 Å². The van der Waals surface area contributed by atoms with E-state index in [-0.39, 0.29) is 23.1 Å². The number of fused-ring (bicyclic) bond motifs is 3. The Labute approximate surface area is 152 Å². The van der Waals surface area contributed by atoms with Gasteiger partial charge in [-0.15, -0.1) is 0 Å². The van der Waals surface area contributed by atoms with Gasteiger partial charge in [0, 0.05) is 19.3 Å². The van der Waals surface area contributed by atoms with Crippen molar-refractivity contribution in [3.8, 4) is 0 Å². The van der Waals surface area contributed by atoms with Gasteiger partial charge in [-0.25, -0.2) is 0 Å². The molecule has 3 saturated carbocycles. The Bertz CT molecular complexity index is 584. The van der Waals surface area contributed by atoms with Gasteiger partial charge in [-0.3, -0.25) is 0 Å². The second kappa shape index (κ2) is 5.24. The van der Waals surface area contributed by atoms with Gasteiger partial charge in [-0.1, -0.05) is 27.7 Å². The van der Waals surface area contributed by atoms with Crippen LogP contribution >= 0.6 is 0 Å². The van der Waals surface area contributed by atoms with Crippen molar-refractivity contribution in [2.75, 3.05) is 0 Å². The minimum Gasteiger partial charge on any atom is -0.393 e. The van der Waals surface area contributed by atoms with E-state index in [2.05, 4.69) is 34.6 Å². The smallest absolute Gasteiger partial charge is 0.393 e. The maximum Gasteiger partial charge on any atom is 0.483 e. The van der Waals surface area contributed by atoms with E-state index >= 15 is 0 Å². The summed E-state index contributed by atoms with van der Waals surface area (Å²) in [7, 11) is 0. The van der Waals surface area contributed by atoms with Crippen LogP contribution in [0.15, 0.2) is 0 Å². The standard InChI is InChI=1S/C22H36O3/c1-19(2)14-8-11-21(4)15(20(14,3)12-9-17(19)23)6-7-16(21)22(5)13-10-18(24)25-22/h14-17,23H,6-13H2,1-5H3/p+1/t14-,15?,16-,17-,20-,21+,22-/m0/s1. The quantitative estimate of drug-likeness (QED) is 0.551. The molecule has 1 aliphatic heterocycles. The lowest BCUT2D eigenvalue weighted by atomic mass is 9.42. The molecule has 2 N–H and O–H groups in total. The fourth-order valence-corrected chi connectivity index (χ4v) is 8.29. The molecule has 4 rings (SSSR count). The first-order valence-corrected chi connectivity index (χ1v) is 10.5. The van der Waals surface area contributed by atoms with Crippen LogP contribution in [0.3, 0.4) is 0 Å². The van der Waals surface area contributed by atoms with Gasteiger partial charge in [0.25, 0.3) is 0 Å². The Morgan fingerprint density at radius 3 is 2.08 bits per heavy atom. The van der Waals surface area contributed by atoms with E-state index in [9.17, 15) is 9.90 Å². The van der Waals surface area contributed by atoms with Crippen molar-refractivity contribution in [1.29, 1.82) is 0 Å². The minimum absolute atomic E-state index is 0.0201. The first kappa shape index (κ1) is 17.8.